The van der Waals surface area contributed by atoms with Crippen LogP contribution >= 0.6 is 0 Å². The lowest BCUT2D eigenvalue weighted by Crippen LogP contribution is -2.30. The molecule has 2 heterocycles. The van der Waals surface area contributed by atoms with Crippen LogP contribution in [0, 0.1) is 12.8 Å². The first-order valence-electron chi connectivity index (χ1n) is 7.93. The molecule has 2 aliphatic rings. The first kappa shape index (κ1) is 12.2. The molecule has 0 N–H and O–H groups in total. The van der Waals surface area contributed by atoms with Crippen LogP contribution < -0.4 is 4.57 Å². The van der Waals surface area contributed by atoms with E-state index in [1.54, 1.807) is 0 Å². The van der Waals surface area contributed by atoms with Gasteiger partial charge in [-0.25, -0.2) is 4.57 Å². The van der Waals surface area contributed by atoms with E-state index in [9.17, 15) is 0 Å². The summed E-state index contributed by atoms with van der Waals surface area (Å²) >= 11 is 0. The zero-order valence-electron chi connectivity index (χ0n) is 12.8. The first-order valence-corrected chi connectivity index (χ1v) is 7.93. The van der Waals surface area contributed by atoms with Gasteiger partial charge in [0.15, 0.2) is 6.20 Å². The highest BCUT2D eigenvalue weighted by atomic mass is 16.3. The molecule has 0 amide bonds. The topological polar surface area (TPSA) is 17.0 Å². The fourth-order valence-electron chi connectivity index (χ4n) is 3.87. The van der Waals surface area contributed by atoms with Crippen LogP contribution in [0.2, 0.25) is 0 Å². The van der Waals surface area contributed by atoms with Crippen LogP contribution in [-0.2, 0) is 7.05 Å². The van der Waals surface area contributed by atoms with E-state index in [1.165, 1.54) is 34.2 Å². The third-order valence-corrected chi connectivity index (χ3v) is 5.15. The molecule has 3 aromatic rings. The van der Waals surface area contributed by atoms with Crippen molar-refractivity contribution in [3.05, 3.63) is 59.5 Å². The van der Waals surface area contributed by atoms with Crippen molar-refractivity contribution in [3.63, 3.8) is 0 Å². The number of rotatable bonds is 1. The fourth-order valence-corrected chi connectivity index (χ4v) is 3.87. The normalized spacial score (nSPS) is 21.7. The van der Waals surface area contributed by atoms with Crippen molar-refractivity contribution < 1.29 is 8.98 Å². The van der Waals surface area contributed by atoms with Crippen molar-refractivity contribution in [2.75, 3.05) is 0 Å². The average molecular weight is 288 g/mol. The Hall–Kier alpha value is -2.35. The summed E-state index contributed by atoms with van der Waals surface area (Å²) in [5.74, 6) is 2.49. The SMILES string of the molecule is Cc1ccc2c3c(oc2c1-c1cccc[n+]1C)C=CC1CC31. The Kier molecular flexibility index (Phi) is 2.28. The van der Waals surface area contributed by atoms with Crippen molar-refractivity contribution in [1.29, 1.82) is 0 Å². The molecule has 0 radical (unpaired) electrons. The van der Waals surface area contributed by atoms with Crippen molar-refractivity contribution in [2.24, 2.45) is 13.0 Å². The number of aryl methyl sites for hydroxylation is 2. The lowest BCUT2D eigenvalue weighted by atomic mass is 9.96. The number of allylic oxidation sites excluding steroid dienone is 1. The standard InChI is InChI=1S/C20H18NO/c1-12-6-8-14-19-15-11-13(15)7-9-17(19)22-20(14)18(12)16-5-3-4-10-21(16)2/h3-10,13,15H,11H2,1-2H3/q+1. The van der Waals surface area contributed by atoms with Gasteiger partial charge in [0.05, 0.1) is 5.56 Å². The molecule has 1 saturated carbocycles. The Morgan fingerprint density at radius 2 is 2.09 bits per heavy atom. The van der Waals surface area contributed by atoms with Gasteiger partial charge in [-0.15, -0.1) is 0 Å². The highest BCUT2D eigenvalue weighted by Gasteiger charge is 2.42. The smallest absolute Gasteiger partial charge is 0.216 e. The molecule has 2 heteroatoms. The van der Waals surface area contributed by atoms with Gasteiger partial charge in [0.2, 0.25) is 5.69 Å². The minimum Gasteiger partial charge on any atom is -0.456 e. The number of aromatic nitrogens is 1. The lowest BCUT2D eigenvalue weighted by molar-refractivity contribution is -0.660. The summed E-state index contributed by atoms with van der Waals surface area (Å²) in [6.07, 6.45) is 7.85. The second kappa shape index (κ2) is 4.10. The Balaban J connectivity index is 1.87. The highest BCUT2D eigenvalue weighted by molar-refractivity contribution is 5.97. The highest BCUT2D eigenvalue weighted by Crippen LogP contribution is 2.56. The van der Waals surface area contributed by atoms with E-state index in [0.717, 1.165) is 17.3 Å². The number of hydrogen-bond donors (Lipinski definition) is 0. The van der Waals surface area contributed by atoms with E-state index >= 15 is 0 Å². The van der Waals surface area contributed by atoms with E-state index in [1.807, 2.05) is 0 Å². The molecule has 108 valence electrons. The van der Waals surface area contributed by atoms with Crippen LogP contribution in [0.5, 0.6) is 0 Å². The molecule has 0 bridgehead atoms. The van der Waals surface area contributed by atoms with Crippen LogP contribution in [0.15, 0.2) is 47.0 Å². The molecule has 2 aliphatic carbocycles. The molecule has 2 nitrogen and oxygen atoms in total. The number of benzene rings is 1. The Labute approximate surface area is 129 Å². The summed E-state index contributed by atoms with van der Waals surface area (Å²) < 4.78 is 8.47. The van der Waals surface area contributed by atoms with Gasteiger partial charge < -0.3 is 4.42 Å². The van der Waals surface area contributed by atoms with E-state index in [2.05, 4.69) is 67.2 Å². The summed E-state index contributed by atoms with van der Waals surface area (Å²) in [5.41, 5.74) is 6.16. The largest absolute Gasteiger partial charge is 0.456 e. The fraction of sp³-hybridized carbons (Fsp3) is 0.250. The van der Waals surface area contributed by atoms with Gasteiger partial charge in [-0.3, -0.25) is 0 Å². The molecule has 2 atom stereocenters. The van der Waals surface area contributed by atoms with Crippen LogP contribution in [0.3, 0.4) is 0 Å². The second-order valence-electron chi connectivity index (χ2n) is 6.58. The minimum absolute atomic E-state index is 0.682. The molecule has 1 fully saturated rings. The van der Waals surface area contributed by atoms with E-state index < -0.39 is 0 Å². The molecular formula is C20H18NO+. The summed E-state index contributed by atoms with van der Waals surface area (Å²) in [5, 5.41) is 1.30. The molecule has 5 rings (SSSR count). The first-order chi connectivity index (χ1) is 10.7. The maximum absolute atomic E-state index is 6.31. The third kappa shape index (κ3) is 1.52. The molecule has 0 spiro atoms. The van der Waals surface area contributed by atoms with Gasteiger partial charge in [-0.2, -0.15) is 0 Å². The maximum atomic E-state index is 6.31. The van der Waals surface area contributed by atoms with Crippen molar-refractivity contribution in [3.8, 4) is 11.3 Å². The summed E-state index contributed by atoms with van der Waals surface area (Å²) in [7, 11) is 2.09. The maximum Gasteiger partial charge on any atom is 0.216 e. The Bertz CT molecular complexity index is 948. The number of furan rings is 1. The zero-order chi connectivity index (χ0) is 14.8. The van der Waals surface area contributed by atoms with Gasteiger partial charge in [0.1, 0.15) is 18.4 Å². The number of hydrogen-bond acceptors (Lipinski definition) is 1. The molecule has 1 aromatic carbocycles. The number of pyridine rings is 1. The van der Waals surface area contributed by atoms with Crippen molar-refractivity contribution in [2.45, 2.75) is 19.3 Å². The Morgan fingerprint density at radius 3 is 2.95 bits per heavy atom. The molecule has 2 aromatic heterocycles. The number of fused-ring (bicyclic) bond motifs is 5. The van der Waals surface area contributed by atoms with E-state index in [4.69, 9.17) is 4.42 Å². The van der Waals surface area contributed by atoms with Crippen LogP contribution in [0.1, 0.15) is 29.2 Å². The molecular weight excluding hydrogens is 270 g/mol. The molecule has 2 unspecified atom stereocenters. The molecule has 22 heavy (non-hydrogen) atoms. The quantitative estimate of drug-likeness (QED) is 0.608. The minimum atomic E-state index is 0.682. The predicted octanol–water partition coefficient (Wildman–Crippen LogP) is 4.36. The molecule has 0 saturated heterocycles. The van der Waals surface area contributed by atoms with Crippen LogP contribution in [-0.4, -0.2) is 0 Å². The van der Waals surface area contributed by atoms with Crippen molar-refractivity contribution >= 4 is 17.0 Å². The zero-order valence-corrected chi connectivity index (χ0v) is 12.8. The van der Waals surface area contributed by atoms with E-state index in [0.29, 0.717) is 5.92 Å². The average Bonchev–Trinajstić information content (AvgIpc) is 3.21. The van der Waals surface area contributed by atoms with Gasteiger partial charge in [0, 0.05) is 23.1 Å². The van der Waals surface area contributed by atoms with E-state index in [-0.39, 0.29) is 0 Å². The van der Waals surface area contributed by atoms with Gasteiger partial charge in [-0.05, 0) is 42.9 Å². The molecule has 0 aliphatic heterocycles. The second-order valence-corrected chi connectivity index (χ2v) is 6.58. The van der Waals surface area contributed by atoms with Gasteiger partial charge >= 0.3 is 0 Å². The Morgan fingerprint density at radius 1 is 1.18 bits per heavy atom. The third-order valence-electron chi connectivity index (χ3n) is 5.15. The summed E-state index contributed by atoms with van der Waals surface area (Å²) in [6, 6.07) is 10.8. The van der Waals surface area contributed by atoms with Gasteiger partial charge in [-0.1, -0.05) is 18.2 Å². The predicted molar refractivity (Wildman–Crippen MR) is 87.4 cm³/mol. The summed E-state index contributed by atoms with van der Waals surface area (Å²) in [6.45, 7) is 2.17. The summed E-state index contributed by atoms with van der Waals surface area (Å²) in [4.78, 5) is 0. The van der Waals surface area contributed by atoms with Gasteiger partial charge in [0.25, 0.3) is 0 Å². The van der Waals surface area contributed by atoms with Crippen LogP contribution in [0.25, 0.3) is 28.3 Å². The van der Waals surface area contributed by atoms with Crippen LogP contribution in [0.4, 0.5) is 0 Å². The monoisotopic (exact) mass is 288 g/mol. The lowest BCUT2D eigenvalue weighted by Gasteiger charge is -2.05. The van der Waals surface area contributed by atoms with Crippen molar-refractivity contribution in [1.82, 2.24) is 0 Å². The number of nitrogens with zero attached hydrogens (tertiary/aromatic N) is 1.